The number of rotatable bonds is 13. The zero-order valence-corrected chi connectivity index (χ0v) is 43.2. The van der Waals surface area contributed by atoms with Gasteiger partial charge in [0.1, 0.15) is 16.9 Å². The Morgan fingerprint density at radius 1 is 1.01 bits per heavy atom. The zero-order chi connectivity index (χ0) is 48.8. The minimum atomic E-state index is -4.66. The van der Waals surface area contributed by atoms with Gasteiger partial charge in [0.05, 0.1) is 51.7 Å². The summed E-state index contributed by atoms with van der Waals surface area (Å²) in [5.41, 5.74) is 6.64. The number of hydrogen-bond acceptors (Lipinski definition) is 13. The quantitative estimate of drug-likeness (QED) is 0.0731. The fourth-order valence-corrected chi connectivity index (χ4v) is 12.7. The van der Waals surface area contributed by atoms with Crippen molar-refractivity contribution in [1.82, 2.24) is 33.7 Å². The van der Waals surface area contributed by atoms with Gasteiger partial charge in [-0.1, -0.05) is 43.2 Å². The first-order valence-corrected chi connectivity index (χ1v) is 27.7. The lowest BCUT2D eigenvalue weighted by Gasteiger charge is -2.39. The minimum absolute atomic E-state index is 0.00492. The summed E-state index contributed by atoms with van der Waals surface area (Å²) in [4.78, 5) is 38.0. The van der Waals surface area contributed by atoms with E-state index in [2.05, 4.69) is 55.9 Å². The molecule has 3 N–H and O–H groups in total. The molecule has 22 heteroatoms. The van der Waals surface area contributed by atoms with Crippen LogP contribution in [0.5, 0.6) is 0 Å². The van der Waals surface area contributed by atoms with E-state index in [1.165, 1.54) is 33.1 Å². The molecular formula is C47H55ClN10O8S2Si. The number of benzene rings is 3. The Kier molecular flexibility index (Phi) is 13.5. The van der Waals surface area contributed by atoms with Crippen molar-refractivity contribution in [2.45, 2.75) is 49.7 Å². The van der Waals surface area contributed by atoms with Crippen LogP contribution in [0.1, 0.15) is 49.0 Å². The number of allylic oxidation sites excluding steroid dienone is 1. The SMILES string of the molecule is CC1(C)CCC(CN2CCN(c3ccc(C(=O)NS(=O)(=O)c4ccc(NC[C@@H]5OCCN(S(C)(=O)=O)CC5[SiH3])c([N+](=O)[O-])c4)c(-n4ncc5nc6[nH]ccc6cc54)c3)CC2)=C(c2ccc(Cl)cc2)C1. The molecule has 1 aliphatic carbocycles. The van der Waals surface area contributed by atoms with Gasteiger partial charge < -0.3 is 19.9 Å². The number of sulfonamides is 2. The van der Waals surface area contributed by atoms with Gasteiger partial charge in [0.25, 0.3) is 21.6 Å². The number of aromatic nitrogens is 4. The number of anilines is 2. The van der Waals surface area contributed by atoms with Gasteiger partial charge in [-0.2, -0.15) is 9.40 Å². The first kappa shape index (κ1) is 48.3. The van der Waals surface area contributed by atoms with Crippen LogP contribution in [-0.4, -0.2) is 138 Å². The lowest BCUT2D eigenvalue weighted by Crippen LogP contribution is -2.47. The molecule has 2 fully saturated rings. The van der Waals surface area contributed by atoms with Crippen molar-refractivity contribution >= 4 is 92.5 Å². The molecule has 0 spiro atoms. The van der Waals surface area contributed by atoms with E-state index in [0.29, 0.717) is 45.7 Å². The highest BCUT2D eigenvalue weighted by atomic mass is 35.5. The topological polar surface area (TPSA) is 218 Å². The predicted octanol–water partition coefficient (Wildman–Crippen LogP) is 5.59. The number of ether oxygens (including phenoxy) is 1. The average Bonchev–Trinajstić information content (AvgIpc) is 3.90. The van der Waals surface area contributed by atoms with E-state index < -0.39 is 47.6 Å². The largest absolute Gasteiger partial charge is 0.377 e. The highest BCUT2D eigenvalue weighted by molar-refractivity contribution is 7.90. The normalized spacial score (nSPS) is 19.8. The van der Waals surface area contributed by atoms with Gasteiger partial charge in [0.2, 0.25) is 10.0 Å². The molecule has 1 unspecified atom stereocenters. The molecule has 6 aromatic rings. The number of aromatic amines is 1. The van der Waals surface area contributed by atoms with Crippen LogP contribution in [0.25, 0.3) is 33.3 Å². The Balaban J connectivity index is 0.955. The number of H-pyrrole nitrogens is 1. The van der Waals surface area contributed by atoms with Crippen molar-refractivity contribution in [3.63, 3.8) is 0 Å². The van der Waals surface area contributed by atoms with Gasteiger partial charge in [0.15, 0.2) is 0 Å². The summed E-state index contributed by atoms with van der Waals surface area (Å²) < 4.78 is 63.3. The number of hydrogen-bond donors (Lipinski definition) is 3. The number of fused-ring (bicyclic) bond motifs is 2. The second kappa shape index (κ2) is 19.3. The average molecular weight is 1020 g/mol. The number of nitrogens with zero attached hydrogens (tertiary/aromatic N) is 7. The number of pyridine rings is 1. The molecule has 3 aromatic carbocycles. The molecule has 9 rings (SSSR count). The van der Waals surface area contributed by atoms with Crippen LogP contribution in [0.4, 0.5) is 17.1 Å². The molecule has 0 radical (unpaired) electrons. The summed E-state index contributed by atoms with van der Waals surface area (Å²) >= 11 is 6.26. The lowest BCUT2D eigenvalue weighted by molar-refractivity contribution is -0.384. The van der Waals surface area contributed by atoms with E-state index in [9.17, 15) is 31.7 Å². The molecular weight excluding hydrogens is 960 g/mol. The van der Waals surface area contributed by atoms with Crippen molar-refractivity contribution in [3.8, 4) is 5.69 Å². The monoisotopic (exact) mass is 1010 g/mol. The molecule has 2 aliphatic heterocycles. The highest BCUT2D eigenvalue weighted by Gasteiger charge is 2.32. The molecule has 3 aliphatic rings. The molecule has 18 nitrogen and oxygen atoms in total. The van der Waals surface area contributed by atoms with Crippen molar-refractivity contribution < 1.29 is 31.3 Å². The Hall–Kier alpha value is -5.68. The first-order chi connectivity index (χ1) is 32.8. The minimum Gasteiger partial charge on any atom is -0.377 e. The van der Waals surface area contributed by atoms with Crippen LogP contribution >= 0.6 is 11.6 Å². The number of carbonyl (C=O) groups is 1. The molecule has 0 saturated carbocycles. The maximum Gasteiger partial charge on any atom is 0.293 e. The number of amides is 1. The smallest absolute Gasteiger partial charge is 0.293 e. The third-order valence-electron chi connectivity index (χ3n) is 13.5. The van der Waals surface area contributed by atoms with Crippen LogP contribution in [0.15, 0.2) is 95.7 Å². The van der Waals surface area contributed by atoms with Crippen LogP contribution < -0.4 is 14.9 Å². The second-order valence-electron chi connectivity index (χ2n) is 19.0. The second-order valence-corrected chi connectivity index (χ2v) is 24.6. The molecule has 2 saturated heterocycles. The summed E-state index contributed by atoms with van der Waals surface area (Å²) in [6.07, 6.45) is 7.23. The van der Waals surface area contributed by atoms with Crippen molar-refractivity contribution in [1.29, 1.82) is 0 Å². The van der Waals surface area contributed by atoms with Crippen LogP contribution in [0.2, 0.25) is 10.6 Å². The fourth-order valence-electron chi connectivity index (χ4n) is 9.59. The van der Waals surface area contributed by atoms with Gasteiger partial charge in [-0.15, -0.1) is 0 Å². The number of nitro benzene ring substituents is 1. The number of nitro groups is 1. The molecule has 3 aromatic heterocycles. The standard InChI is InChI=1S/C47H55ClN10O8S2Si/c1-47(2)14-12-32(37(25-47)30-4-6-33(48)7-5-30)28-54-16-18-55(19-17-54)34-8-10-36(40(23-34)57-41-22-31-13-15-49-45(31)52-39(41)26-51-57)46(59)53-68(64,65)35-9-11-38(42(24-35)58(60)61)50-27-43-44(69)29-56(20-21-66-43)67(3,62)63/h4-11,13,15,22-24,26,43-44,50H,12,14,16-21,25,27-29H2,1-3,69H3,(H,49,52)(H,53,59)/t43-,44?/m0/s1. The van der Waals surface area contributed by atoms with E-state index in [1.807, 2.05) is 30.3 Å². The molecule has 69 heavy (non-hydrogen) atoms. The number of piperazine rings is 1. The lowest BCUT2D eigenvalue weighted by atomic mass is 9.72. The van der Waals surface area contributed by atoms with E-state index >= 15 is 0 Å². The van der Waals surface area contributed by atoms with Gasteiger partial charge >= 0.3 is 0 Å². The predicted molar refractivity (Wildman–Crippen MR) is 271 cm³/mol. The van der Waals surface area contributed by atoms with Gasteiger partial charge in [0, 0.05) is 91.0 Å². The van der Waals surface area contributed by atoms with Gasteiger partial charge in [-0.25, -0.2) is 31.2 Å². The number of nitrogens with one attached hydrogen (secondary N) is 3. The first-order valence-electron chi connectivity index (χ1n) is 22.9. The van der Waals surface area contributed by atoms with E-state index in [4.69, 9.17) is 21.3 Å². The van der Waals surface area contributed by atoms with Crippen LogP contribution in [0, 0.1) is 15.5 Å². The molecule has 5 heterocycles. The van der Waals surface area contributed by atoms with E-state index in [-0.39, 0.29) is 48.4 Å². The van der Waals surface area contributed by atoms with Crippen LogP contribution in [-0.2, 0) is 24.8 Å². The fraction of sp³-hybridized carbons (Fsp3) is 0.383. The third kappa shape index (κ3) is 10.6. The molecule has 1 amide bonds. The third-order valence-corrected chi connectivity index (χ3v) is 17.5. The van der Waals surface area contributed by atoms with Gasteiger partial charge in [-0.3, -0.25) is 19.8 Å². The van der Waals surface area contributed by atoms with Crippen molar-refractivity contribution in [2.75, 3.05) is 75.4 Å². The van der Waals surface area contributed by atoms with Crippen molar-refractivity contribution in [3.05, 3.63) is 117 Å². The molecule has 364 valence electrons. The maximum absolute atomic E-state index is 14.3. The summed E-state index contributed by atoms with van der Waals surface area (Å²) in [6.45, 7) is 9.30. The number of halogens is 1. The zero-order valence-electron chi connectivity index (χ0n) is 38.8. The maximum atomic E-state index is 14.3. The Bertz CT molecular complexity index is 3210. The van der Waals surface area contributed by atoms with E-state index in [0.717, 1.165) is 67.3 Å². The number of carbonyl (C=O) groups excluding carboxylic acids is 1. The Labute approximate surface area is 408 Å². The summed E-state index contributed by atoms with van der Waals surface area (Å²) in [7, 11) is -7.49. The Morgan fingerprint density at radius 3 is 2.52 bits per heavy atom. The van der Waals surface area contributed by atoms with Gasteiger partial charge in [-0.05, 0) is 96.0 Å². The molecule has 2 atom stereocenters. The summed E-state index contributed by atoms with van der Waals surface area (Å²) in [5.74, 6) is -0.960. The summed E-state index contributed by atoms with van der Waals surface area (Å²) in [6, 6.07) is 20.5. The summed E-state index contributed by atoms with van der Waals surface area (Å²) in [5, 5.41) is 21.5. The highest BCUT2D eigenvalue weighted by Crippen LogP contribution is 2.43. The Morgan fingerprint density at radius 2 is 1.78 bits per heavy atom. The van der Waals surface area contributed by atoms with Crippen LogP contribution in [0.3, 0.4) is 0 Å². The molecule has 0 bridgehead atoms. The van der Waals surface area contributed by atoms with E-state index in [1.54, 1.807) is 29.2 Å². The van der Waals surface area contributed by atoms with Crippen molar-refractivity contribution in [2.24, 2.45) is 5.41 Å².